The molecule has 12 heteroatoms. The van der Waals surface area contributed by atoms with E-state index in [1.54, 1.807) is 19.9 Å². The number of piperazine rings is 1. The Bertz CT molecular complexity index is 1580. The zero-order valence-corrected chi connectivity index (χ0v) is 28.0. The second kappa shape index (κ2) is 17.1. The minimum absolute atomic E-state index is 0. The van der Waals surface area contributed by atoms with E-state index in [-0.39, 0.29) is 57.1 Å². The molecule has 1 fully saturated rings. The highest BCUT2D eigenvalue weighted by atomic mass is 35.5. The number of carbonyl (C=O) groups excluding carboxylic acids is 2. The van der Waals surface area contributed by atoms with Crippen LogP contribution >= 0.6 is 0 Å². The quantitative estimate of drug-likeness (QED) is 0.167. The molecule has 0 amide bonds. The second-order valence-electron chi connectivity index (χ2n) is 11.2. The molecular formula is C35H40Cl2N4O6. The highest BCUT2D eigenvalue weighted by Crippen LogP contribution is 2.40. The Kier molecular flexibility index (Phi) is 13.5. The summed E-state index contributed by atoms with van der Waals surface area (Å²) >= 11 is 0. The number of nitrogens with one attached hydrogen (secondary N) is 1. The zero-order chi connectivity index (χ0) is 31.9. The summed E-state index contributed by atoms with van der Waals surface area (Å²) in [5.74, 6) is -2.10. The SMILES string of the molecule is COC(=O)C1=C(C)NC(C)=C(C(=O)OCCN2CCN(C(c3ccccc3)c3ccccc3)CC2)C1c1cccc([N+](=O)[O-])c1.[Cl-].[Cl-].[H+].[H+]. The Labute approximate surface area is 290 Å². The molecule has 250 valence electrons. The molecule has 0 bridgehead atoms. The topological polar surface area (TPSA) is 114 Å². The molecule has 1 N–H and O–H groups in total. The fourth-order valence-electron chi connectivity index (χ4n) is 6.27. The molecule has 5 rings (SSSR count). The number of non-ortho nitro benzene ring substituents is 1. The first-order valence-electron chi connectivity index (χ1n) is 15.0. The van der Waals surface area contributed by atoms with Crippen molar-refractivity contribution >= 4 is 17.6 Å². The third-order valence-electron chi connectivity index (χ3n) is 8.44. The minimum atomic E-state index is -0.887. The minimum Gasteiger partial charge on any atom is -1.00 e. The number of nitrogens with zero attached hydrogens (tertiary/aromatic N) is 3. The summed E-state index contributed by atoms with van der Waals surface area (Å²) < 4.78 is 10.8. The van der Waals surface area contributed by atoms with Gasteiger partial charge in [0.25, 0.3) is 5.69 Å². The molecule has 10 nitrogen and oxygen atoms in total. The Balaban J connectivity index is 0.00000300. The molecule has 2 heterocycles. The van der Waals surface area contributed by atoms with E-state index in [2.05, 4.69) is 63.6 Å². The largest absolute Gasteiger partial charge is 1.00 e. The summed E-state index contributed by atoms with van der Waals surface area (Å²) in [6.07, 6.45) is 0. The van der Waals surface area contributed by atoms with Crippen LogP contribution in [0.5, 0.6) is 0 Å². The zero-order valence-electron chi connectivity index (χ0n) is 28.5. The lowest BCUT2D eigenvalue weighted by molar-refractivity contribution is -0.384. The molecule has 0 saturated carbocycles. The van der Waals surface area contributed by atoms with Crippen LogP contribution in [-0.4, -0.2) is 73.1 Å². The number of halogens is 2. The molecule has 0 radical (unpaired) electrons. The molecule has 3 aromatic carbocycles. The van der Waals surface area contributed by atoms with Crippen molar-refractivity contribution in [2.45, 2.75) is 25.8 Å². The molecule has 0 aliphatic carbocycles. The summed E-state index contributed by atoms with van der Waals surface area (Å²) in [4.78, 5) is 42.3. The van der Waals surface area contributed by atoms with Gasteiger partial charge in [0.1, 0.15) is 6.61 Å². The van der Waals surface area contributed by atoms with E-state index in [0.29, 0.717) is 23.5 Å². The van der Waals surface area contributed by atoms with Crippen LogP contribution in [0.2, 0.25) is 0 Å². The van der Waals surface area contributed by atoms with Gasteiger partial charge in [0.2, 0.25) is 0 Å². The van der Waals surface area contributed by atoms with Gasteiger partial charge in [0.05, 0.1) is 35.1 Å². The summed E-state index contributed by atoms with van der Waals surface area (Å²) in [6.45, 7) is 7.52. The van der Waals surface area contributed by atoms with Crippen LogP contribution in [-0.2, 0) is 19.1 Å². The Morgan fingerprint density at radius 1 is 0.872 bits per heavy atom. The maximum atomic E-state index is 13.6. The maximum Gasteiger partial charge on any atom is 1.00 e. The number of allylic oxidation sites excluding steroid dienone is 2. The Morgan fingerprint density at radius 2 is 1.43 bits per heavy atom. The maximum absolute atomic E-state index is 13.6. The number of hydrogen-bond acceptors (Lipinski definition) is 9. The standard InChI is InChI=1S/C35H38N4O6.2ClH/c1-24-30(34(40)44-3)32(28-15-10-16-29(23-28)39(42)43)31(25(2)36-24)35(41)45-22-21-37-17-19-38(20-18-37)33(26-11-6-4-7-12-26)27-13-8-5-9-14-27;;/h4-16,23,32-33,36H,17-22H2,1-3H3;2*1H. The molecule has 2 aliphatic rings. The molecule has 2 aliphatic heterocycles. The van der Waals surface area contributed by atoms with Gasteiger partial charge in [-0.05, 0) is 30.5 Å². The van der Waals surface area contributed by atoms with E-state index in [9.17, 15) is 19.7 Å². The lowest BCUT2D eigenvalue weighted by atomic mass is 9.80. The van der Waals surface area contributed by atoms with E-state index in [4.69, 9.17) is 9.47 Å². The van der Waals surface area contributed by atoms with Crippen LogP contribution in [0.1, 0.15) is 45.4 Å². The second-order valence-corrected chi connectivity index (χ2v) is 11.2. The fourth-order valence-corrected chi connectivity index (χ4v) is 6.27. The molecule has 3 aromatic rings. The van der Waals surface area contributed by atoms with Gasteiger partial charge in [0.15, 0.2) is 0 Å². The molecule has 0 spiro atoms. The van der Waals surface area contributed by atoms with E-state index in [1.165, 1.54) is 36.4 Å². The first-order valence-corrected chi connectivity index (χ1v) is 15.0. The predicted octanol–water partition coefficient (Wildman–Crippen LogP) is -0.814. The normalized spacial score (nSPS) is 16.9. The third-order valence-corrected chi connectivity index (χ3v) is 8.44. The summed E-state index contributed by atoms with van der Waals surface area (Å²) in [7, 11) is 1.26. The smallest absolute Gasteiger partial charge is 1.00 e. The van der Waals surface area contributed by atoms with Gasteiger partial charge in [-0.2, -0.15) is 0 Å². The van der Waals surface area contributed by atoms with Crippen molar-refractivity contribution in [3.8, 4) is 0 Å². The number of rotatable bonds is 10. The molecular weight excluding hydrogens is 643 g/mol. The Morgan fingerprint density at radius 3 is 1.96 bits per heavy atom. The van der Waals surface area contributed by atoms with Crippen molar-refractivity contribution in [3.63, 3.8) is 0 Å². The van der Waals surface area contributed by atoms with Gasteiger partial charge in [-0.15, -0.1) is 0 Å². The number of dihydropyridines is 1. The fraction of sp³-hybridized carbons (Fsp3) is 0.314. The van der Waals surface area contributed by atoms with E-state index < -0.39 is 22.8 Å². The lowest BCUT2D eigenvalue weighted by Crippen LogP contribution is -3.00. The van der Waals surface area contributed by atoms with E-state index in [0.717, 1.165) is 26.2 Å². The van der Waals surface area contributed by atoms with E-state index >= 15 is 0 Å². The van der Waals surface area contributed by atoms with Gasteiger partial charge in [0, 0.05) is 56.3 Å². The number of methoxy groups -OCH3 is 1. The lowest BCUT2D eigenvalue weighted by Gasteiger charge is -2.39. The number of carbonyl (C=O) groups is 2. The Hall–Kier alpha value is -4.22. The first kappa shape index (κ1) is 37.2. The number of nitro groups is 1. The van der Waals surface area contributed by atoms with Crippen LogP contribution in [0, 0.1) is 10.1 Å². The number of ether oxygens (including phenoxy) is 2. The van der Waals surface area contributed by atoms with Crippen LogP contribution in [0.4, 0.5) is 5.69 Å². The van der Waals surface area contributed by atoms with Gasteiger partial charge in [-0.1, -0.05) is 72.8 Å². The average molecular weight is 684 g/mol. The highest BCUT2D eigenvalue weighted by molar-refractivity contribution is 5.99. The molecule has 0 aromatic heterocycles. The number of nitro benzene ring substituents is 1. The molecule has 47 heavy (non-hydrogen) atoms. The molecule has 1 atom stereocenters. The first-order chi connectivity index (χ1) is 21.8. The van der Waals surface area contributed by atoms with Crippen LogP contribution in [0.25, 0.3) is 0 Å². The molecule has 1 unspecified atom stereocenters. The van der Waals surface area contributed by atoms with Crippen molar-refractivity contribution in [2.24, 2.45) is 0 Å². The van der Waals surface area contributed by atoms with Crippen molar-refractivity contribution in [1.29, 1.82) is 0 Å². The summed E-state index contributed by atoms with van der Waals surface area (Å²) in [5, 5.41) is 14.6. The average Bonchev–Trinajstić information content (AvgIpc) is 3.06. The third kappa shape index (κ3) is 8.58. The monoisotopic (exact) mass is 682 g/mol. The highest BCUT2D eigenvalue weighted by Gasteiger charge is 2.38. The predicted molar refractivity (Wildman–Crippen MR) is 172 cm³/mol. The van der Waals surface area contributed by atoms with Gasteiger partial charge in [-0.3, -0.25) is 19.9 Å². The van der Waals surface area contributed by atoms with Crippen LogP contribution < -0.4 is 30.1 Å². The summed E-state index contributed by atoms with van der Waals surface area (Å²) in [5.41, 5.74) is 4.25. The van der Waals surface area contributed by atoms with Crippen LogP contribution in [0.15, 0.2) is 107 Å². The number of esters is 2. The van der Waals surface area contributed by atoms with Crippen molar-refractivity contribution in [2.75, 3.05) is 46.4 Å². The van der Waals surface area contributed by atoms with Gasteiger partial charge >= 0.3 is 14.8 Å². The summed E-state index contributed by atoms with van der Waals surface area (Å²) in [6, 6.07) is 27.2. The number of benzene rings is 3. The van der Waals surface area contributed by atoms with Crippen molar-refractivity contribution in [1.82, 2.24) is 15.1 Å². The van der Waals surface area contributed by atoms with Crippen molar-refractivity contribution < 1.29 is 51.7 Å². The number of hydrogen-bond donors (Lipinski definition) is 1. The molecule has 1 saturated heterocycles. The van der Waals surface area contributed by atoms with Crippen molar-refractivity contribution in [3.05, 3.63) is 134 Å². The van der Waals surface area contributed by atoms with Gasteiger partial charge < -0.3 is 39.6 Å². The van der Waals surface area contributed by atoms with Gasteiger partial charge in [-0.25, -0.2) is 9.59 Å². The van der Waals surface area contributed by atoms with E-state index in [1.807, 2.05) is 12.1 Å². The van der Waals surface area contributed by atoms with Crippen LogP contribution in [0.3, 0.4) is 0 Å².